The fourth-order valence-electron chi connectivity index (χ4n) is 5.85. The van der Waals surface area contributed by atoms with Crippen molar-refractivity contribution in [2.45, 2.75) is 43.5 Å². The van der Waals surface area contributed by atoms with Crippen LogP contribution in [0.1, 0.15) is 47.2 Å². The van der Waals surface area contributed by atoms with Gasteiger partial charge in [-0.25, -0.2) is 27.0 Å². The largest absolute Gasteiger partial charge is 0.412 e. The Balaban J connectivity index is 0.00000323. The Labute approximate surface area is 237 Å². The number of hydrogen-bond acceptors (Lipinski definition) is 5. The minimum atomic E-state index is -1.50. The summed E-state index contributed by atoms with van der Waals surface area (Å²) in [5, 5.41) is 6.85. The van der Waals surface area contributed by atoms with Gasteiger partial charge in [-0.3, -0.25) is 4.79 Å². The molecule has 0 spiro atoms. The average molecular weight is 583 g/mol. The molecule has 2 aliphatic carbocycles. The third kappa shape index (κ3) is 4.87. The van der Waals surface area contributed by atoms with Crippen molar-refractivity contribution in [1.82, 2.24) is 19.1 Å². The second-order valence-electron chi connectivity index (χ2n) is 9.87. The average Bonchev–Trinajstić information content (AvgIpc) is 3.63. The van der Waals surface area contributed by atoms with Crippen molar-refractivity contribution in [3.8, 4) is 5.69 Å². The van der Waals surface area contributed by atoms with Crippen molar-refractivity contribution in [3.63, 3.8) is 0 Å². The summed E-state index contributed by atoms with van der Waals surface area (Å²) in [5.41, 5.74) is 2.73. The lowest BCUT2D eigenvalue weighted by molar-refractivity contribution is 0.0747. The molecule has 6 rings (SSSR count). The van der Waals surface area contributed by atoms with Crippen molar-refractivity contribution in [2.75, 3.05) is 6.54 Å². The molecule has 11 heteroatoms. The molecule has 2 aliphatic rings. The number of aromatic nitrogens is 3. The first-order chi connectivity index (χ1) is 18.9. The molecule has 7 nitrogen and oxygen atoms in total. The van der Waals surface area contributed by atoms with Gasteiger partial charge >= 0.3 is 0 Å². The van der Waals surface area contributed by atoms with Gasteiger partial charge < -0.3 is 5.48 Å². The highest BCUT2D eigenvalue weighted by molar-refractivity contribution is 7.82. The molecule has 4 aromatic rings. The molecule has 2 aromatic carbocycles. The third-order valence-electron chi connectivity index (χ3n) is 7.71. The van der Waals surface area contributed by atoms with E-state index in [1.165, 1.54) is 35.6 Å². The minimum absolute atomic E-state index is 0. The van der Waals surface area contributed by atoms with Crippen LogP contribution in [0.15, 0.2) is 76.8 Å². The number of halogens is 2. The van der Waals surface area contributed by atoms with Gasteiger partial charge in [-0.15, -0.1) is 11.3 Å². The van der Waals surface area contributed by atoms with Gasteiger partial charge in [-0.2, -0.15) is 5.10 Å². The van der Waals surface area contributed by atoms with Gasteiger partial charge in [-0.05, 0) is 85.9 Å². The van der Waals surface area contributed by atoms with Crippen LogP contribution in [0.3, 0.4) is 0 Å². The molecule has 0 radical (unpaired) electrons. The highest BCUT2D eigenvalue weighted by Gasteiger charge is 2.51. The van der Waals surface area contributed by atoms with E-state index in [9.17, 15) is 17.8 Å². The maximum Gasteiger partial charge on any atom is 0.201 e. The van der Waals surface area contributed by atoms with Gasteiger partial charge in [0.15, 0.2) is 5.01 Å². The zero-order valence-electron chi connectivity index (χ0n) is 21.7. The Hall–Kier alpha value is -3.38. The predicted molar refractivity (Wildman–Crippen MR) is 151 cm³/mol. The normalized spacial score (nSPS) is 20.7. The van der Waals surface area contributed by atoms with E-state index in [2.05, 4.69) is 16.2 Å². The monoisotopic (exact) mass is 582 g/mol. The molecule has 3 atom stereocenters. The van der Waals surface area contributed by atoms with Crippen LogP contribution in [0.2, 0.25) is 0 Å². The maximum atomic E-state index is 14.2. The molecule has 1 saturated carbocycles. The zero-order chi connectivity index (χ0) is 27.1. The molecule has 0 bridgehead atoms. The third-order valence-corrected chi connectivity index (χ3v) is 10.1. The maximum absolute atomic E-state index is 14.2. The van der Waals surface area contributed by atoms with Crippen LogP contribution in [0.4, 0.5) is 8.78 Å². The number of Topliss-reactive ketones (excluding diaryl/α,β-unsaturated/α-hetero) is 1. The summed E-state index contributed by atoms with van der Waals surface area (Å²) in [7, 11) is -1.50. The van der Waals surface area contributed by atoms with Crippen molar-refractivity contribution in [1.29, 1.82) is 0 Å². The number of thiazole rings is 1. The Morgan fingerprint density at radius 3 is 2.50 bits per heavy atom. The van der Waals surface area contributed by atoms with Gasteiger partial charge in [0.2, 0.25) is 5.78 Å². The first-order valence-corrected chi connectivity index (χ1v) is 14.8. The van der Waals surface area contributed by atoms with Gasteiger partial charge in [0.05, 0.1) is 27.9 Å². The summed E-state index contributed by atoms with van der Waals surface area (Å²) in [4.78, 5) is 19.1. The molecule has 2 N–H and O–H groups in total. The van der Waals surface area contributed by atoms with Crippen LogP contribution >= 0.6 is 11.3 Å². The summed E-state index contributed by atoms with van der Waals surface area (Å²) >= 11 is 1.33. The molecule has 1 unspecified atom stereocenters. The first kappa shape index (κ1) is 28.2. The summed E-state index contributed by atoms with van der Waals surface area (Å²) in [6.07, 6.45) is 7.78. The van der Waals surface area contributed by atoms with Crippen molar-refractivity contribution in [3.05, 3.63) is 99.8 Å². The number of nitrogens with zero attached hydrogens (tertiary/aromatic N) is 4. The predicted octanol–water partition coefficient (Wildman–Crippen LogP) is 5.19. The number of benzene rings is 2. The van der Waals surface area contributed by atoms with Gasteiger partial charge in [0.25, 0.3) is 0 Å². The number of carbonyl (C=O) groups excluding carboxylic acids is 1. The number of hydrogen-bond donors (Lipinski definition) is 0. The molecule has 0 saturated heterocycles. The topological polar surface area (TPSA) is 99.6 Å². The smallest absolute Gasteiger partial charge is 0.201 e. The van der Waals surface area contributed by atoms with Gasteiger partial charge in [0, 0.05) is 24.2 Å². The quantitative estimate of drug-likeness (QED) is 0.280. The summed E-state index contributed by atoms with van der Waals surface area (Å²) in [6, 6.07) is 11.8. The lowest BCUT2D eigenvalue weighted by Crippen LogP contribution is -2.49. The lowest BCUT2D eigenvalue weighted by atomic mass is 9.61. The molecule has 2 heterocycles. The highest BCUT2D eigenvalue weighted by atomic mass is 32.2. The number of fused-ring (bicyclic) bond motifs is 2. The van der Waals surface area contributed by atoms with Crippen LogP contribution in [-0.4, -0.2) is 47.1 Å². The van der Waals surface area contributed by atoms with Crippen molar-refractivity contribution in [2.24, 2.45) is 5.41 Å². The molecule has 0 aliphatic heterocycles. The van der Waals surface area contributed by atoms with Crippen LogP contribution in [0.5, 0.6) is 0 Å². The van der Waals surface area contributed by atoms with E-state index in [-0.39, 0.29) is 28.9 Å². The molecule has 40 heavy (non-hydrogen) atoms. The van der Waals surface area contributed by atoms with Crippen molar-refractivity contribution < 1.29 is 23.3 Å². The Morgan fingerprint density at radius 1 is 1.15 bits per heavy atom. The first-order valence-electron chi connectivity index (χ1n) is 12.8. The van der Waals surface area contributed by atoms with E-state index in [0.717, 1.165) is 28.9 Å². The molecule has 2 aromatic heterocycles. The highest BCUT2D eigenvalue weighted by Crippen LogP contribution is 2.51. The van der Waals surface area contributed by atoms with Crippen LogP contribution in [-0.2, 0) is 17.4 Å². The van der Waals surface area contributed by atoms with E-state index in [1.807, 2.05) is 11.2 Å². The van der Waals surface area contributed by atoms with E-state index in [0.29, 0.717) is 35.7 Å². The number of allylic oxidation sites excluding steroid dienone is 1. The van der Waals surface area contributed by atoms with E-state index >= 15 is 0 Å². The summed E-state index contributed by atoms with van der Waals surface area (Å²) in [5.74, 6) is -0.723. The number of carbonyl (C=O) groups is 1. The number of ketones is 1. The molecule has 0 amide bonds. The Kier molecular flexibility index (Phi) is 7.92. The summed E-state index contributed by atoms with van der Waals surface area (Å²) in [6.45, 7) is 2.47. The van der Waals surface area contributed by atoms with Gasteiger partial charge in [-0.1, -0.05) is 12.5 Å². The van der Waals surface area contributed by atoms with Crippen LogP contribution in [0.25, 0.3) is 11.8 Å². The fourth-order valence-corrected chi connectivity index (χ4v) is 7.85. The van der Waals surface area contributed by atoms with E-state index in [4.69, 9.17) is 0 Å². The lowest BCUT2D eigenvalue weighted by Gasteiger charge is -2.46. The Bertz CT molecular complexity index is 1570. The second-order valence-corrected chi connectivity index (χ2v) is 12.2. The summed E-state index contributed by atoms with van der Waals surface area (Å²) < 4.78 is 44.4. The van der Waals surface area contributed by atoms with E-state index < -0.39 is 16.4 Å². The Morgan fingerprint density at radius 2 is 1.85 bits per heavy atom. The minimum Gasteiger partial charge on any atom is -0.412 e. The standard InChI is InChI=1S/C29H26F2N4O2S2.H2O/c1-2-34(39(37)25-11-6-22(31)7-12-25)24-8-3-20-15-26-19(18-33-35(26)23-9-4-21(30)5-10-23)16-29(20,17-24)27(36)28-32-13-14-38-28;/h4-7,9-15,18,24H,2-3,8,16-17H2,1H3;1H2/t24-,29-,39?;/m0./s1. The second kappa shape index (κ2) is 11.2. The molecular formula is C29H28F2N4O3S2. The van der Waals surface area contributed by atoms with E-state index in [1.54, 1.807) is 46.7 Å². The van der Waals surface area contributed by atoms with Gasteiger partial charge in [0.1, 0.15) is 22.6 Å². The van der Waals surface area contributed by atoms with Crippen LogP contribution in [0, 0.1) is 17.0 Å². The molecular weight excluding hydrogens is 554 g/mol. The zero-order valence-corrected chi connectivity index (χ0v) is 23.4. The van der Waals surface area contributed by atoms with Crippen LogP contribution < -0.4 is 0 Å². The fraction of sp³-hybridized carbons (Fsp3) is 0.276. The SMILES string of the molecule is CCN([C@H]1CCC2=Cc3c(cnn3-c3ccc(F)cc3)C[C@]2(C(=O)c2nccs2)C1)S(=O)c1ccc(F)cc1.O. The molecule has 208 valence electrons. The molecule has 1 fully saturated rings. The van der Waals surface area contributed by atoms with Crippen molar-refractivity contribution >= 4 is 34.2 Å². The number of rotatable bonds is 7.